The molecular weight excluding hydrogens is 254 g/mol. The Kier molecular flexibility index (Phi) is 4.81. The number of rotatable bonds is 4. The Bertz CT molecular complexity index is 448. The van der Waals surface area contributed by atoms with E-state index in [9.17, 15) is 13.6 Å². The van der Waals surface area contributed by atoms with Crippen molar-refractivity contribution in [2.24, 2.45) is 0 Å². The topological polar surface area (TPSA) is 41.6 Å². The van der Waals surface area contributed by atoms with Gasteiger partial charge in [-0.3, -0.25) is 9.69 Å². The molecule has 104 valence electrons. The predicted octanol–water partition coefficient (Wildman–Crippen LogP) is 1.03. The van der Waals surface area contributed by atoms with Gasteiger partial charge in [0.25, 0.3) is 5.91 Å². The summed E-state index contributed by atoms with van der Waals surface area (Å²) >= 11 is 0. The van der Waals surface area contributed by atoms with E-state index in [-0.39, 0.29) is 5.56 Å². The number of amides is 1. The van der Waals surface area contributed by atoms with Gasteiger partial charge in [-0.1, -0.05) is 0 Å². The first-order chi connectivity index (χ1) is 9.16. The highest BCUT2D eigenvalue weighted by molar-refractivity contribution is 5.94. The molecule has 1 aromatic carbocycles. The van der Waals surface area contributed by atoms with Gasteiger partial charge in [-0.2, -0.15) is 0 Å². The van der Waals surface area contributed by atoms with Gasteiger partial charge in [0.05, 0.1) is 18.8 Å². The number of halogens is 2. The van der Waals surface area contributed by atoms with E-state index >= 15 is 0 Å². The van der Waals surface area contributed by atoms with Gasteiger partial charge in [0, 0.05) is 32.2 Å². The van der Waals surface area contributed by atoms with Crippen LogP contribution in [0.25, 0.3) is 0 Å². The minimum absolute atomic E-state index is 0.136. The minimum Gasteiger partial charge on any atom is -0.379 e. The Morgan fingerprint density at radius 2 is 2.05 bits per heavy atom. The highest BCUT2D eigenvalue weighted by Gasteiger charge is 2.13. The lowest BCUT2D eigenvalue weighted by atomic mass is 10.2. The summed E-state index contributed by atoms with van der Waals surface area (Å²) in [6.45, 7) is 4.18. The summed E-state index contributed by atoms with van der Waals surface area (Å²) in [6.07, 6.45) is 0. The Morgan fingerprint density at radius 3 is 2.74 bits per heavy atom. The van der Waals surface area contributed by atoms with Gasteiger partial charge in [0.2, 0.25) is 0 Å². The number of hydrogen-bond donors (Lipinski definition) is 1. The summed E-state index contributed by atoms with van der Waals surface area (Å²) in [5, 5.41) is 2.62. The van der Waals surface area contributed by atoms with Gasteiger partial charge in [-0.05, 0) is 12.1 Å². The van der Waals surface area contributed by atoms with Crippen molar-refractivity contribution in [1.29, 1.82) is 0 Å². The number of nitrogens with zero attached hydrogens (tertiary/aromatic N) is 1. The molecule has 1 fully saturated rings. The fourth-order valence-corrected chi connectivity index (χ4v) is 1.92. The second-order valence-corrected chi connectivity index (χ2v) is 4.33. The largest absolute Gasteiger partial charge is 0.379 e. The first kappa shape index (κ1) is 13.9. The number of benzene rings is 1. The van der Waals surface area contributed by atoms with Crippen LogP contribution in [-0.2, 0) is 4.74 Å². The van der Waals surface area contributed by atoms with Crippen molar-refractivity contribution in [3.05, 3.63) is 35.4 Å². The molecule has 0 radical (unpaired) electrons. The zero-order valence-electron chi connectivity index (χ0n) is 10.5. The van der Waals surface area contributed by atoms with Crippen LogP contribution in [0.2, 0.25) is 0 Å². The Morgan fingerprint density at radius 1 is 1.32 bits per heavy atom. The molecule has 0 aromatic heterocycles. The molecule has 0 bridgehead atoms. The van der Waals surface area contributed by atoms with Crippen LogP contribution in [0.3, 0.4) is 0 Å². The van der Waals surface area contributed by atoms with E-state index in [1.165, 1.54) is 0 Å². The average molecular weight is 270 g/mol. The van der Waals surface area contributed by atoms with Gasteiger partial charge >= 0.3 is 0 Å². The van der Waals surface area contributed by atoms with Crippen molar-refractivity contribution in [3.8, 4) is 0 Å². The number of morpholine rings is 1. The lowest BCUT2D eigenvalue weighted by Crippen LogP contribution is -2.41. The van der Waals surface area contributed by atoms with E-state index in [1.807, 2.05) is 0 Å². The van der Waals surface area contributed by atoms with E-state index in [2.05, 4.69) is 10.2 Å². The molecular formula is C13H16F2N2O2. The number of ether oxygens (including phenoxy) is 1. The van der Waals surface area contributed by atoms with Gasteiger partial charge in [0.15, 0.2) is 0 Å². The maximum atomic E-state index is 13.4. The van der Waals surface area contributed by atoms with Crippen LogP contribution in [0.15, 0.2) is 18.2 Å². The summed E-state index contributed by atoms with van der Waals surface area (Å²) in [5.41, 5.74) is -0.136. The molecule has 1 amide bonds. The van der Waals surface area contributed by atoms with Crippen molar-refractivity contribution in [2.45, 2.75) is 0 Å². The molecule has 4 nitrogen and oxygen atoms in total. The number of carbonyl (C=O) groups excluding carboxylic acids is 1. The Labute approximate surface area is 110 Å². The van der Waals surface area contributed by atoms with Gasteiger partial charge in [0.1, 0.15) is 11.6 Å². The summed E-state index contributed by atoms with van der Waals surface area (Å²) in [7, 11) is 0. The standard InChI is InChI=1S/C13H16F2N2O2/c14-10-1-2-11(12(15)9-10)13(18)16-3-4-17-5-7-19-8-6-17/h1-2,9H,3-8H2,(H,16,18). The summed E-state index contributed by atoms with van der Waals surface area (Å²) < 4.78 is 31.3. The molecule has 0 aliphatic carbocycles. The number of hydrogen-bond acceptors (Lipinski definition) is 3. The first-order valence-electron chi connectivity index (χ1n) is 6.20. The zero-order valence-corrected chi connectivity index (χ0v) is 10.5. The fourth-order valence-electron chi connectivity index (χ4n) is 1.92. The van der Waals surface area contributed by atoms with Crippen molar-refractivity contribution >= 4 is 5.91 Å². The Balaban J connectivity index is 1.80. The monoisotopic (exact) mass is 270 g/mol. The van der Waals surface area contributed by atoms with E-state index in [4.69, 9.17) is 4.74 Å². The molecule has 1 saturated heterocycles. The summed E-state index contributed by atoms with van der Waals surface area (Å²) in [4.78, 5) is 13.9. The third-order valence-corrected chi connectivity index (χ3v) is 2.99. The van der Waals surface area contributed by atoms with Crippen molar-refractivity contribution < 1.29 is 18.3 Å². The van der Waals surface area contributed by atoms with Crippen LogP contribution in [0.1, 0.15) is 10.4 Å². The summed E-state index contributed by atoms with van der Waals surface area (Å²) in [5.74, 6) is -2.06. The van der Waals surface area contributed by atoms with Crippen molar-refractivity contribution in [2.75, 3.05) is 39.4 Å². The molecule has 0 atom stereocenters. The van der Waals surface area contributed by atoms with E-state index in [0.29, 0.717) is 32.4 Å². The Hall–Kier alpha value is -1.53. The summed E-state index contributed by atoms with van der Waals surface area (Å²) in [6, 6.07) is 2.92. The molecule has 1 N–H and O–H groups in total. The molecule has 19 heavy (non-hydrogen) atoms. The molecule has 0 unspecified atom stereocenters. The third kappa shape index (κ3) is 3.97. The quantitative estimate of drug-likeness (QED) is 0.888. The van der Waals surface area contributed by atoms with Gasteiger partial charge < -0.3 is 10.1 Å². The van der Waals surface area contributed by atoms with E-state index in [0.717, 1.165) is 25.2 Å². The number of carbonyl (C=O) groups is 1. The minimum atomic E-state index is -0.844. The normalized spacial score (nSPS) is 16.3. The van der Waals surface area contributed by atoms with Crippen LogP contribution >= 0.6 is 0 Å². The third-order valence-electron chi connectivity index (χ3n) is 2.99. The lowest BCUT2D eigenvalue weighted by molar-refractivity contribution is 0.0383. The molecule has 0 saturated carbocycles. The van der Waals surface area contributed by atoms with Crippen LogP contribution in [0.5, 0.6) is 0 Å². The molecule has 1 aromatic rings. The predicted molar refractivity (Wildman–Crippen MR) is 66.0 cm³/mol. The van der Waals surface area contributed by atoms with Crippen LogP contribution in [0, 0.1) is 11.6 Å². The second-order valence-electron chi connectivity index (χ2n) is 4.33. The SMILES string of the molecule is O=C(NCCN1CCOCC1)c1ccc(F)cc1F. The molecule has 1 heterocycles. The smallest absolute Gasteiger partial charge is 0.254 e. The molecule has 1 aliphatic heterocycles. The lowest BCUT2D eigenvalue weighted by Gasteiger charge is -2.26. The fraction of sp³-hybridized carbons (Fsp3) is 0.462. The van der Waals surface area contributed by atoms with Gasteiger partial charge in [-0.25, -0.2) is 8.78 Å². The van der Waals surface area contributed by atoms with E-state index in [1.54, 1.807) is 0 Å². The van der Waals surface area contributed by atoms with Crippen LogP contribution in [-0.4, -0.2) is 50.2 Å². The average Bonchev–Trinajstić information content (AvgIpc) is 2.39. The van der Waals surface area contributed by atoms with Crippen molar-refractivity contribution in [3.63, 3.8) is 0 Å². The van der Waals surface area contributed by atoms with Crippen LogP contribution in [0.4, 0.5) is 8.78 Å². The molecule has 1 aliphatic rings. The first-order valence-corrected chi connectivity index (χ1v) is 6.20. The second kappa shape index (κ2) is 6.58. The van der Waals surface area contributed by atoms with Crippen molar-refractivity contribution in [1.82, 2.24) is 10.2 Å². The molecule has 2 rings (SSSR count). The maximum absolute atomic E-state index is 13.4. The maximum Gasteiger partial charge on any atom is 0.254 e. The zero-order chi connectivity index (χ0) is 13.7. The van der Waals surface area contributed by atoms with Gasteiger partial charge in [-0.15, -0.1) is 0 Å². The molecule has 6 heteroatoms. The highest BCUT2D eigenvalue weighted by atomic mass is 19.1. The molecule has 0 spiro atoms. The highest BCUT2D eigenvalue weighted by Crippen LogP contribution is 2.09. The number of nitrogens with one attached hydrogen (secondary N) is 1. The van der Waals surface area contributed by atoms with Crippen LogP contribution < -0.4 is 5.32 Å². The van der Waals surface area contributed by atoms with E-state index < -0.39 is 17.5 Å².